The van der Waals surface area contributed by atoms with Crippen molar-refractivity contribution in [2.75, 3.05) is 12.4 Å². The van der Waals surface area contributed by atoms with Crippen LogP contribution in [0.5, 0.6) is 11.6 Å². The average molecular weight is 344 g/mol. The molecule has 3 rings (SSSR count). The van der Waals surface area contributed by atoms with Crippen LogP contribution < -0.4 is 14.8 Å². The Balaban J connectivity index is 1.88. The lowest BCUT2D eigenvalue weighted by Crippen LogP contribution is -2.01. The summed E-state index contributed by atoms with van der Waals surface area (Å²) in [5.74, 6) is 1.09. The molecule has 0 amide bonds. The number of alkyl halides is 2. The predicted octanol–water partition coefficient (Wildman–Crippen LogP) is 3.89. The molecule has 25 heavy (non-hydrogen) atoms. The maximum Gasteiger partial charge on any atom is 0.387 e. The summed E-state index contributed by atoms with van der Waals surface area (Å²) < 4.78 is 34.0. The van der Waals surface area contributed by atoms with Gasteiger partial charge in [0.15, 0.2) is 0 Å². The van der Waals surface area contributed by atoms with E-state index >= 15 is 0 Å². The van der Waals surface area contributed by atoms with Crippen LogP contribution in [0.3, 0.4) is 0 Å². The third kappa shape index (κ3) is 4.17. The zero-order valence-corrected chi connectivity index (χ0v) is 13.2. The molecule has 0 atom stereocenters. The van der Waals surface area contributed by atoms with Gasteiger partial charge >= 0.3 is 6.61 Å². The molecular formula is C17H14F2N4O2. The summed E-state index contributed by atoms with van der Waals surface area (Å²) in [7, 11) is 1.52. The highest BCUT2D eigenvalue weighted by Crippen LogP contribution is 2.30. The first kappa shape index (κ1) is 16.6. The lowest BCUT2D eigenvalue weighted by Gasteiger charge is -2.12. The Labute approximate surface area is 142 Å². The number of benzene rings is 1. The molecule has 3 aromatic rings. The Kier molecular flexibility index (Phi) is 4.98. The molecule has 0 aliphatic rings. The van der Waals surface area contributed by atoms with E-state index in [-0.39, 0.29) is 5.75 Å². The lowest BCUT2D eigenvalue weighted by molar-refractivity contribution is -0.0498. The summed E-state index contributed by atoms with van der Waals surface area (Å²) in [5.41, 5.74) is 2.19. The Hall–Kier alpha value is -3.29. The number of rotatable bonds is 6. The molecule has 2 aromatic heterocycles. The molecule has 1 N–H and O–H groups in total. The largest absolute Gasteiger partial charge is 0.480 e. The van der Waals surface area contributed by atoms with Crippen LogP contribution in [0.25, 0.3) is 11.1 Å². The van der Waals surface area contributed by atoms with Crippen molar-refractivity contribution in [2.45, 2.75) is 6.61 Å². The highest BCUT2D eigenvalue weighted by atomic mass is 19.3. The topological polar surface area (TPSA) is 69.2 Å². The van der Waals surface area contributed by atoms with E-state index in [4.69, 9.17) is 4.74 Å². The Morgan fingerprint density at radius 3 is 2.48 bits per heavy atom. The number of aromatic nitrogens is 3. The van der Waals surface area contributed by atoms with Crippen LogP contribution in [-0.2, 0) is 0 Å². The molecule has 0 saturated heterocycles. The summed E-state index contributed by atoms with van der Waals surface area (Å²) in [4.78, 5) is 12.2. The number of nitrogens with zero attached hydrogens (tertiary/aromatic N) is 3. The Morgan fingerprint density at radius 2 is 1.84 bits per heavy atom. The maximum absolute atomic E-state index is 12.2. The molecule has 0 fully saturated rings. The summed E-state index contributed by atoms with van der Waals surface area (Å²) in [6.45, 7) is -2.85. The van der Waals surface area contributed by atoms with E-state index in [1.807, 2.05) is 6.07 Å². The quantitative estimate of drug-likeness (QED) is 0.731. The number of ether oxygens (including phenoxy) is 2. The molecule has 0 unspecified atom stereocenters. The van der Waals surface area contributed by atoms with Gasteiger partial charge in [-0.1, -0.05) is 12.1 Å². The van der Waals surface area contributed by atoms with Gasteiger partial charge in [-0.15, -0.1) is 0 Å². The number of pyridine rings is 1. The molecule has 0 aliphatic heterocycles. The van der Waals surface area contributed by atoms with Gasteiger partial charge in [0.25, 0.3) is 0 Å². The summed E-state index contributed by atoms with van der Waals surface area (Å²) in [5, 5.41) is 3.11. The minimum Gasteiger partial charge on any atom is -0.480 e. The Morgan fingerprint density at radius 1 is 1.04 bits per heavy atom. The third-order valence-corrected chi connectivity index (χ3v) is 3.30. The minimum absolute atomic E-state index is 0.0968. The number of hydrogen-bond donors (Lipinski definition) is 1. The summed E-state index contributed by atoms with van der Waals surface area (Å²) >= 11 is 0. The van der Waals surface area contributed by atoms with Gasteiger partial charge in [0, 0.05) is 18.0 Å². The smallest absolute Gasteiger partial charge is 0.387 e. The molecular weight excluding hydrogens is 330 g/mol. The molecule has 0 bridgehead atoms. The van der Waals surface area contributed by atoms with E-state index in [9.17, 15) is 8.78 Å². The van der Waals surface area contributed by atoms with Gasteiger partial charge in [0.2, 0.25) is 5.88 Å². The van der Waals surface area contributed by atoms with Crippen molar-refractivity contribution in [2.24, 2.45) is 0 Å². The average Bonchev–Trinajstić information content (AvgIpc) is 2.63. The van der Waals surface area contributed by atoms with Crippen LogP contribution in [0.4, 0.5) is 20.3 Å². The maximum atomic E-state index is 12.2. The van der Waals surface area contributed by atoms with Gasteiger partial charge < -0.3 is 14.8 Å². The molecule has 0 aliphatic carbocycles. The fourth-order valence-electron chi connectivity index (χ4n) is 2.19. The highest BCUT2D eigenvalue weighted by Gasteiger charge is 2.10. The highest BCUT2D eigenvalue weighted by molar-refractivity contribution is 5.72. The molecule has 2 heterocycles. The van der Waals surface area contributed by atoms with Crippen LogP contribution in [0, 0.1) is 0 Å². The van der Waals surface area contributed by atoms with Crippen molar-refractivity contribution in [3.8, 4) is 22.8 Å². The van der Waals surface area contributed by atoms with Crippen molar-refractivity contribution in [1.29, 1.82) is 0 Å². The van der Waals surface area contributed by atoms with Crippen molar-refractivity contribution in [3.63, 3.8) is 0 Å². The second-order valence-electron chi connectivity index (χ2n) is 4.90. The van der Waals surface area contributed by atoms with Crippen molar-refractivity contribution < 1.29 is 18.3 Å². The van der Waals surface area contributed by atoms with Crippen LogP contribution in [0.2, 0.25) is 0 Å². The first-order valence-corrected chi connectivity index (χ1v) is 7.28. The minimum atomic E-state index is -2.85. The first-order chi connectivity index (χ1) is 12.2. The molecule has 6 nitrogen and oxygen atoms in total. The van der Waals surface area contributed by atoms with E-state index in [2.05, 4.69) is 25.0 Å². The van der Waals surface area contributed by atoms with Crippen LogP contribution in [0.15, 0.2) is 55.1 Å². The fraction of sp³-hybridized carbons (Fsp3) is 0.118. The van der Waals surface area contributed by atoms with Gasteiger partial charge in [-0.3, -0.25) is 0 Å². The monoisotopic (exact) mass is 344 g/mol. The number of methoxy groups -OCH3 is 1. The van der Waals surface area contributed by atoms with E-state index in [1.54, 1.807) is 30.6 Å². The van der Waals surface area contributed by atoms with Crippen LogP contribution in [0.1, 0.15) is 0 Å². The van der Waals surface area contributed by atoms with Gasteiger partial charge in [-0.25, -0.2) is 15.0 Å². The second kappa shape index (κ2) is 7.52. The van der Waals surface area contributed by atoms with Crippen molar-refractivity contribution >= 4 is 11.5 Å². The Bertz CT molecular complexity index is 830. The van der Waals surface area contributed by atoms with Gasteiger partial charge in [0.05, 0.1) is 7.11 Å². The van der Waals surface area contributed by atoms with Gasteiger partial charge in [-0.05, 0) is 29.8 Å². The fourth-order valence-corrected chi connectivity index (χ4v) is 2.19. The van der Waals surface area contributed by atoms with Crippen molar-refractivity contribution in [1.82, 2.24) is 15.0 Å². The normalized spacial score (nSPS) is 10.6. The molecule has 0 saturated carbocycles. The number of nitrogens with one attached hydrogen (secondary N) is 1. The summed E-state index contributed by atoms with van der Waals surface area (Å²) in [6, 6.07) is 9.84. The number of anilines is 2. The molecule has 8 heteroatoms. The van der Waals surface area contributed by atoms with Crippen LogP contribution in [-0.4, -0.2) is 28.7 Å². The zero-order chi connectivity index (χ0) is 17.6. The van der Waals surface area contributed by atoms with Crippen LogP contribution >= 0.6 is 0 Å². The molecule has 0 radical (unpaired) electrons. The SMILES string of the molecule is COc1ncc(-c2ccc(OC(F)F)cc2)cc1Nc1ccncn1. The van der Waals surface area contributed by atoms with E-state index in [0.717, 1.165) is 11.1 Å². The first-order valence-electron chi connectivity index (χ1n) is 7.28. The second-order valence-corrected chi connectivity index (χ2v) is 4.90. The number of halogens is 2. The summed E-state index contributed by atoms with van der Waals surface area (Å²) in [6.07, 6.45) is 4.67. The standard InChI is InChI=1S/C17H14F2N4O2/c1-24-16-14(23-15-6-7-20-10-22-15)8-12(9-21-16)11-2-4-13(5-3-11)25-17(18)19/h2-10,17H,1H3,(H,20,22,23). The molecule has 1 aromatic carbocycles. The molecule has 128 valence electrons. The van der Waals surface area contributed by atoms with E-state index in [0.29, 0.717) is 17.4 Å². The zero-order valence-electron chi connectivity index (χ0n) is 13.2. The van der Waals surface area contributed by atoms with Gasteiger partial charge in [-0.2, -0.15) is 8.78 Å². The van der Waals surface area contributed by atoms with E-state index in [1.165, 1.54) is 25.6 Å². The third-order valence-electron chi connectivity index (χ3n) is 3.30. The predicted molar refractivity (Wildman–Crippen MR) is 88.2 cm³/mol. The van der Waals surface area contributed by atoms with Crippen molar-refractivity contribution in [3.05, 3.63) is 55.1 Å². The molecule has 0 spiro atoms. The lowest BCUT2D eigenvalue weighted by atomic mass is 10.1. The van der Waals surface area contributed by atoms with Gasteiger partial charge in [0.1, 0.15) is 23.6 Å². The number of hydrogen-bond acceptors (Lipinski definition) is 6. The van der Waals surface area contributed by atoms with E-state index < -0.39 is 6.61 Å².